The molecule has 0 spiro atoms. The lowest BCUT2D eigenvalue weighted by Crippen LogP contribution is -1.95. The molecule has 0 fully saturated rings. The lowest BCUT2D eigenvalue weighted by atomic mass is 10.1. The van der Waals surface area contributed by atoms with Gasteiger partial charge < -0.3 is 5.11 Å². The van der Waals surface area contributed by atoms with Gasteiger partial charge in [-0.2, -0.15) is 5.26 Å². The van der Waals surface area contributed by atoms with Crippen LogP contribution in [0.15, 0.2) is 36.1 Å². The first kappa shape index (κ1) is 10.0. The van der Waals surface area contributed by atoms with Crippen LogP contribution in [0.4, 0.5) is 0 Å². The molecule has 1 N–H and O–H groups in total. The highest BCUT2D eigenvalue weighted by atomic mass is 16.3. The van der Waals surface area contributed by atoms with Crippen LogP contribution in [-0.4, -0.2) is 10.9 Å². The van der Waals surface area contributed by atoms with Gasteiger partial charge in [0.25, 0.3) is 0 Å². The minimum absolute atomic E-state index is 0.0284. The molecule has 14 heavy (non-hydrogen) atoms. The molecule has 1 aromatic rings. The third-order valence-electron chi connectivity index (χ3n) is 1.64. The normalized spacial score (nSPS) is 10.7. The Balaban J connectivity index is 2.94. The number of nitriles is 1. The van der Waals surface area contributed by atoms with E-state index in [0.29, 0.717) is 11.1 Å². The Morgan fingerprint density at radius 2 is 2.00 bits per heavy atom. The van der Waals surface area contributed by atoms with Crippen molar-refractivity contribution in [3.05, 3.63) is 47.2 Å². The number of benzene rings is 1. The number of nitrogens with zero attached hydrogens (tertiary/aromatic N) is 1. The van der Waals surface area contributed by atoms with Crippen LogP contribution in [0.3, 0.4) is 0 Å². The Bertz CT molecular complexity index is 406. The van der Waals surface area contributed by atoms with E-state index in [9.17, 15) is 4.79 Å². The minimum Gasteiger partial charge on any atom is -0.512 e. The van der Waals surface area contributed by atoms with Crippen molar-refractivity contribution in [3.8, 4) is 6.07 Å². The average Bonchev–Trinajstić information content (AvgIpc) is 2.17. The molecule has 0 aromatic heterocycles. The predicted molar refractivity (Wildman–Crippen MR) is 51.9 cm³/mol. The van der Waals surface area contributed by atoms with Crippen LogP contribution in [0.1, 0.15) is 22.8 Å². The van der Waals surface area contributed by atoms with E-state index in [1.54, 1.807) is 24.3 Å². The molecular weight excluding hydrogens is 178 g/mol. The summed E-state index contributed by atoms with van der Waals surface area (Å²) in [6.07, 6.45) is 1.14. The second-order valence-electron chi connectivity index (χ2n) is 2.84. The molecule has 0 aliphatic carbocycles. The largest absolute Gasteiger partial charge is 0.512 e. The third kappa shape index (κ3) is 2.46. The van der Waals surface area contributed by atoms with Gasteiger partial charge in [-0.15, -0.1) is 0 Å². The van der Waals surface area contributed by atoms with Crippen LogP contribution < -0.4 is 0 Å². The summed E-state index contributed by atoms with van der Waals surface area (Å²) in [6, 6.07) is 8.20. The molecule has 70 valence electrons. The van der Waals surface area contributed by atoms with Gasteiger partial charge in [0.15, 0.2) is 5.78 Å². The van der Waals surface area contributed by atoms with Gasteiger partial charge in [-0.05, 0) is 31.2 Å². The van der Waals surface area contributed by atoms with Crippen molar-refractivity contribution in [3.63, 3.8) is 0 Å². The van der Waals surface area contributed by atoms with Gasteiger partial charge in [-0.25, -0.2) is 0 Å². The van der Waals surface area contributed by atoms with Crippen molar-refractivity contribution in [1.29, 1.82) is 5.26 Å². The molecule has 0 unspecified atom stereocenters. The molecule has 1 aromatic carbocycles. The summed E-state index contributed by atoms with van der Waals surface area (Å²) in [4.78, 5) is 11.3. The monoisotopic (exact) mass is 187 g/mol. The number of ketones is 1. The Kier molecular flexibility index (Phi) is 3.03. The zero-order chi connectivity index (χ0) is 10.6. The summed E-state index contributed by atoms with van der Waals surface area (Å²) in [5.41, 5.74) is 0.962. The van der Waals surface area contributed by atoms with Gasteiger partial charge in [0.1, 0.15) is 0 Å². The van der Waals surface area contributed by atoms with Crippen LogP contribution in [-0.2, 0) is 0 Å². The maximum absolute atomic E-state index is 11.3. The smallest absolute Gasteiger partial charge is 0.189 e. The van der Waals surface area contributed by atoms with Crippen molar-refractivity contribution < 1.29 is 9.90 Å². The van der Waals surface area contributed by atoms with Crippen LogP contribution in [0.5, 0.6) is 0 Å². The van der Waals surface area contributed by atoms with Crippen LogP contribution >= 0.6 is 0 Å². The summed E-state index contributed by atoms with van der Waals surface area (Å²) >= 11 is 0. The molecular formula is C11H9NO2. The van der Waals surface area contributed by atoms with E-state index in [-0.39, 0.29) is 11.5 Å². The standard InChI is InChI=1S/C11H9NO2/c1-8(13)6-11(14)10-4-2-9(7-12)3-5-10/h2-6,13H,1H3/b8-6-. The average molecular weight is 187 g/mol. The SMILES string of the molecule is C/C(O)=C/C(=O)c1ccc(C#N)cc1. The Hall–Kier alpha value is -2.08. The number of allylic oxidation sites excluding steroid dienone is 2. The molecule has 1 rings (SSSR count). The molecule has 0 radical (unpaired) electrons. The number of carbonyl (C=O) groups excluding carboxylic acids is 1. The summed E-state index contributed by atoms with van der Waals surface area (Å²) in [5.74, 6) is -0.297. The summed E-state index contributed by atoms with van der Waals surface area (Å²) in [6.45, 7) is 1.43. The van der Waals surface area contributed by atoms with Gasteiger partial charge in [0, 0.05) is 11.6 Å². The highest BCUT2D eigenvalue weighted by Gasteiger charge is 2.02. The number of hydrogen-bond donors (Lipinski definition) is 1. The lowest BCUT2D eigenvalue weighted by Gasteiger charge is -1.95. The fraction of sp³-hybridized carbons (Fsp3) is 0.0909. The van der Waals surface area contributed by atoms with Crippen molar-refractivity contribution in [2.45, 2.75) is 6.92 Å². The maximum atomic E-state index is 11.3. The minimum atomic E-state index is -0.269. The summed E-state index contributed by atoms with van der Waals surface area (Å²) in [7, 11) is 0. The first-order valence-electron chi connectivity index (χ1n) is 4.05. The number of aliphatic hydroxyl groups excluding tert-OH is 1. The molecule has 0 bridgehead atoms. The molecule has 0 amide bonds. The van der Waals surface area contributed by atoms with Crippen LogP contribution in [0.2, 0.25) is 0 Å². The first-order valence-corrected chi connectivity index (χ1v) is 4.05. The van der Waals surface area contributed by atoms with Gasteiger partial charge in [-0.1, -0.05) is 0 Å². The predicted octanol–water partition coefficient (Wildman–Crippen LogP) is 2.20. The molecule has 3 nitrogen and oxygen atoms in total. The van der Waals surface area contributed by atoms with Crippen LogP contribution in [0.25, 0.3) is 0 Å². The molecule has 0 heterocycles. The fourth-order valence-electron chi connectivity index (χ4n) is 0.982. The molecule has 0 aliphatic heterocycles. The Labute approximate surface area is 81.9 Å². The van der Waals surface area contributed by atoms with Crippen molar-refractivity contribution in [1.82, 2.24) is 0 Å². The first-order chi connectivity index (χ1) is 6.63. The topological polar surface area (TPSA) is 61.1 Å². The summed E-state index contributed by atoms with van der Waals surface area (Å²) in [5, 5.41) is 17.4. The number of aliphatic hydroxyl groups is 1. The lowest BCUT2D eigenvalue weighted by molar-refractivity contribution is 0.104. The van der Waals surface area contributed by atoms with Crippen molar-refractivity contribution >= 4 is 5.78 Å². The van der Waals surface area contributed by atoms with E-state index < -0.39 is 0 Å². The van der Waals surface area contributed by atoms with E-state index in [0.717, 1.165) is 6.08 Å². The van der Waals surface area contributed by atoms with Crippen molar-refractivity contribution in [2.24, 2.45) is 0 Å². The van der Waals surface area contributed by atoms with Crippen molar-refractivity contribution in [2.75, 3.05) is 0 Å². The fourth-order valence-corrected chi connectivity index (χ4v) is 0.982. The van der Waals surface area contributed by atoms with Gasteiger partial charge in [-0.3, -0.25) is 4.79 Å². The van der Waals surface area contributed by atoms with E-state index in [4.69, 9.17) is 10.4 Å². The summed E-state index contributed by atoms with van der Waals surface area (Å²) < 4.78 is 0. The van der Waals surface area contributed by atoms with Crippen LogP contribution in [0, 0.1) is 11.3 Å². The number of carbonyl (C=O) groups is 1. The Morgan fingerprint density at radius 1 is 1.43 bits per heavy atom. The zero-order valence-corrected chi connectivity index (χ0v) is 7.69. The van der Waals surface area contributed by atoms with E-state index in [1.165, 1.54) is 6.92 Å². The highest BCUT2D eigenvalue weighted by Crippen LogP contribution is 2.05. The van der Waals surface area contributed by atoms with E-state index >= 15 is 0 Å². The number of rotatable bonds is 2. The van der Waals surface area contributed by atoms with Gasteiger partial charge >= 0.3 is 0 Å². The second-order valence-corrected chi connectivity index (χ2v) is 2.84. The Morgan fingerprint density at radius 3 is 2.43 bits per heavy atom. The van der Waals surface area contributed by atoms with E-state index in [2.05, 4.69) is 0 Å². The zero-order valence-electron chi connectivity index (χ0n) is 7.69. The molecule has 0 saturated heterocycles. The number of hydrogen-bond acceptors (Lipinski definition) is 3. The molecule has 3 heteroatoms. The molecule has 0 aliphatic rings. The molecule has 0 saturated carbocycles. The maximum Gasteiger partial charge on any atom is 0.189 e. The third-order valence-corrected chi connectivity index (χ3v) is 1.64. The van der Waals surface area contributed by atoms with Gasteiger partial charge in [0.05, 0.1) is 17.4 Å². The molecule has 0 atom stereocenters. The quantitative estimate of drug-likeness (QED) is 0.438. The highest BCUT2D eigenvalue weighted by molar-refractivity contribution is 6.04. The van der Waals surface area contributed by atoms with Gasteiger partial charge in [0.2, 0.25) is 0 Å². The second kappa shape index (κ2) is 4.24. The van der Waals surface area contributed by atoms with E-state index in [1.807, 2.05) is 6.07 Å².